The maximum atomic E-state index is 13.1. The molecule has 1 aliphatic heterocycles. The number of aliphatic carboxylic acids is 1. The van der Waals surface area contributed by atoms with E-state index in [1.807, 2.05) is 0 Å². The number of carboxylic acid groups (broad SMARTS) is 1. The monoisotopic (exact) mass is 468 g/mol. The molecule has 0 radical (unpaired) electrons. The highest BCUT2D eigenvalue weighted by Gasteiger charge is 2.64. The number of aryl methyl sites for hydroxylation is 1. The minimum Gasteiger partial charge on any atom is -0.478 e. The fraction of sp³-hybridized carbons (Fsp3) is 0.200. The number of rotatable bonds is 4. The summed E-state index contributed by atoms with van der Waals surface area (Å²) in [4.78, 5) is 38.1. The summed E-state index contributed by atoms with van der Waals surface area (Å²) in [7, 11) is 0. The fourth-order valence-corrected chi connectivity index (χ4v) is 3.42. The Hall–Kier alpha value is -2.45. The smallest absolute Gasteiger partial charge is 0.360 e. The van der Waals surface area contributed by atoms with Gasteiger partial charge in [0.25, 0.3) is 11.6 Å². The van der Waals surface area contributed by atoms with E-state index in [-0.39, 0.29) is 16.8 Å². The number of Topliss-reactive ketones (excluding diaryl/α,β-unsaturated/α-hetero) is 1. The summed E-state index contributed by atoms with van der Waals surface area (Å²) >= 11 is 17.2. The van der Waals surface area contributed by atoms with Crippen LogP contribution in [-0.2, 0) is 9.59 Å². The van der Waals surface area contributed by atoms with Crippen molar-refractivity contribution in [3.05, 3.63) is 71.3 Å². The van der Waals surface area contributed by atoms with Gasteiger partial charge < -0.3 is 10.2 Å². The number of benzene rings is 2. The van der Waals surface area contributed by atoms with Crippen molar-refractivity contribution in [3.8, 4) is 0 Å². The Morgan fingerprint density at radius 1 is 1.03 bits per heavy atom. The lowest BCUT2D eigenvalue weighted by molar-refractivity contribution is -0.182. The Labute approximate surface area is 186 Å². The average molecular weight is 470 g/mol. The molecule has 7 nitrogen and oxygen atoms in total. The van der Waals surface area contributed by atoms with Crippen LogP contribution < -0.4 is 0 Å². The molecule has 2 atom stereocenters. The summed E-state index contributed by atoms with van der Waals surface area (Å²) in [5.74, 6) is -6.02. The van der Waals surface area contributed by atoms with Crippen molar-refractivity contribution < 1.29 is 24.6 Å². The molecule has 0 aliphatic carbocycles. The third-order valence-corrected chi connectivity index (χ3v) is 5.18. The van der Waals surface area contributed by atoms with Gasteiger partial charge in [0.2, 0.25) is 3.79 Å². The van der Waals surface area contributed by atoms with Gasteiger partial charge in [-0.25, -0.2) is 4.79 Å². The molecule has 0 saturated heterocycles. The van der Waals surface area contributed by atoms with Gasteiger partial charge in [-0.05, 0) is 24.6 Å². The van der Waals surface area contributed by atoms with Crippen LogP contribution in [0.3, 0.4) is 0 Å². The SMILES string of the molecule is Cc1ccc(C(=O)N2N=C(c3ccccc3)C(C(=O)C(Cl)(Cl)Cl)C2(O)C(=O)O)cc1. The predicted molar refractivity (Wildman–Crippen MR) is 112 cm³/mol. The Kier molecular flexibility index (Phi) is 5.93. The Balaban J connectivity index is 2.21. The molecule has 10 heteroatoms. The second-order valence-corrected chi connectivity index (χ2v) is 8.94. The number of carboxylic acids is 1. The second-order valence-electron chi connectivity index (χ2n) is 6.66. The molecule has 1 amide bonds. The molecule has 2 unspecified atom stereocenters. The zero-order valence-corrected chi connectivity index (χ0v) is 17.7. The first kappa shape index (κ1) is 22.2. The van der Waals surface area contributed by atoms with E-state index in [1.54, 1.807) is 37.3 Å². The molecular formula is C20H15Cl3N2O5. The zero-order valence-electron chi connectivity index (χ0n) is 15.4. The number of ketones is 1. The normalized spacial score (nSPS) is 21.3. The third kappa shape index (κ3) is 3.81. The summed E-state index contributed by atoms with van der Waals surface area (Å²) in [6.07, 6.45) is 0. The van der Waals surface area contributed by atoms with Gasteiger partial charge in [0, 0.05) is 5.56 Å². The molecule has 0 saturated carbocycles. The predicted octanol–water partition coefficient (Wildman–Crippen LogP) is 3.18. The molecule has 0 spiro atoms. The molecule has 1 heterocycles. The van der Waals surface area contributed by atoms with Gasteiger partial charge in [0.05, 0.1) is 5.71 Å². The number of carbonyl (C=O) groups is 3. The number of nitrogens with zero attached hydrogens (tertiary/aromatic N) is 2. The molecule has 2 N–H and O–H groups in total. The van der Waals surface area contributed by atoms with E-state index >= 15 is 0 Å². The average Bonchev–Trinajstić information content (AvgIpc) is 3.01. The number of alkyl halides is 3. The first-order valence-electron chi connectivity index (χ1n) is 8.60. The number of amides is 1. The second kappa shape index (κ2) is 8.00. The summed E-state index contributed by atoms with van der Waals surface area (Å²) in [6.45, 7) is 1.80. The Morgan fingerprint density at radius 2 is 1.60 bits per heavy atom. The summed E-state index contributed by atoms with van der Waals surface area (Å²) in [5, 5.41) is 25.3. The van der Waals surface area contributed by atoms with Crippen molar-refractivity contribution in [2.75, 3.05) is 0 Å². The zero-order chi connectivity index (χ0) is 22.3. The van der Waals surface area contributed by atoms with Crippen LogP contribution >= 0.6 is 34.8 Å². The molecule has 30 heavy (non-hydrogen) atoms. The number of hydrogen-bond donors (Lipinski definition) is 2. The maximum absolute atomic E-state index is 13.1. The molecule has 0 fully saturated rings. The van der Waals surface area contributed by atoms with Crippen molar-refractivity contribution in [1.29, 1.82) is 0 Å². The van der Waals surface area contributed by atoms with Crippen LogP contribution in [0.4, 0.5) is 0 Å². The van der Waals surface area contributed by atoms with Crippen LogP contribution in [-0.4, -0.2) is 48.1 Å². The van der Waals surface area contributed by atoms with Crippen LogP contribution in [0.15, 0.2) is 59.7 Å². The van der Waals surface area contributed by atoms with Crippen molar-refractivity contribution >= 4 is 58.2 Å². The van der Waals surface area contributed by atoms with E-state index < -0.39 is 33.1 Å². The maximum Gasteiger partial charge on any atom is 0.360 e. The summed E-state index contributed by atoms with van der Waals surface area (Å²) < 4.78 is -2.56. The molecule has 1 aliphatic rings. The van der Waals surface area contributed by atoms with Crippen LogP contribution in [0.25, 0.3) is 0 Å². The highest BCUT2D eigenvalue weighted by atomic mass is 35.6. The topological polar surface area (TPSA) is 107 Å². The lowest BCUT2D eigenvalue weighted by atomic mass is 9.84. The van der Waals surface area contributed by atoms with Gasteiger partial charge in [0.15, 0.2) is 5.78 Å². The van der Waals surface area contributed by atoms with Crippen LogP contribution in [0.1, 0.15) is 21.5 Å². The molecule has 0 bridgehead atoms. The van der Waals surface area contributed by atoms with Crippen molar-refractivity contribution in [2.24, 2.45) is 11.0 Å². The van der Waals surface area contributed by atoms with E-state index in [4.69, 9.17) is 34.8 Å². The third-order valence-electron chi connectivity index (χ3n) is 4.62. The minimum absolute atomic E-state index is 0.0541. The van der Waals surface area contributed by atoms with E-state index in [0.29, 0.717) is 5.01 Å². The summed E-state index contributed by atoms with van der Waals surface area (Å²) in [6, 6.07) is 14.1. The van der Waals surface area contributed by atoms with Crippen molar-refractivity contribution in [1.82, 2.24) is 5.01 Å². The van der Waals surface area contributed by atoms with E-state index in [9.17, 15) is 24.6 Å². The minimum atomic E-state index is -3.10. The van der Waals surface area contributed by atoms with Gasteiger partial charge in [-0.3, -0.25) is 9.59 Å². The molecule has 156 valence electrons. The Morgan fingerprint density at radius 3 is 2.10 bits per heavy atom. The number of hydrazone groups is 1. The first-order valence-corrected chi connectivity index (χ1v) is 9.73. The van der Waals surface area contributed by atoms with Gasteiger partial charge >= 0.3 is 5.97 Å². The van der Waals surface area contributed by atoms with Crippen LogP contribution in [0, 0.1) is 12.8 Å². The van der Waals surface area contributed by atoms with E-state index in [2.05, 4.69) is 5.10 Å². The highest BCUT2D eigenvalue weighted by molar-refractivity contribution is 6.77. The highest BCUT2D eigenvalue weighted by Crippen LogP contribution is 2.41. The standard InChI is InChI=1S/C20H15Cl3N2O5/c1-11-7-9-13(10-8-11)17(27)25-19(30,18(28)29)14(16(26)20(21,22)23)15(24-25)12-5-3-2-4-6-12/h2-10,14,30H,1H3,(H,28,29). The quantitative estimate of drug-likeness (QED) is 0.669. The number of halogens is 3. The van der Waals surface area contributed by atoms with Crippen LogP contribution in [0.5, 0.6) is 0 Å². The number of carbonyl (C=O) groups excluding carboxylic acids is 2. The first-order chi connectivity index (χ1) is 14.0. The van der Waals surface area contributed by atoms with E-state index in [0.717, 1.165) is 5.56 Å². The van der Waals surface area contributed by atoms with Gasteiger partial charge in [-0.1, -0.05) is 82.8 Å². The van der Waals surface area contributed by atoms with Gasteiger partial charge in [0.1, 0.15) is 5.92 Å². The molecule has 2 aromatic rings. The number of hydrogen-bond acceptors (Lipinski definition) is 5. The largest absolute Gasteiger partial charge is 0.478 e. The fourth-order valence-electron chi connectivity index (χ4n) is 3.09. The molecular weight excluding hydrogens is 455 g/mol. The lowest BCUT2D eigenvalue weighted by Gasteiger charge is -2.32. The Bertz CT molecular complexity index is 1030. The van der Waals surface area contributed by atoms with E-state index in [1.165, 1.54) is 24.3 Å². The van der Waals surface area contributed by atoms with Crippen molar-refractivity contribution in [3.63, 3.8) is 0 Å². The lowest BCUT2D eigenvalue weighted by Crippen LogP contribution is -2.60. The van der Waals surface area contributed by atoms with Gasteiger partial charge in [-0.2, -0.15) is 10.1 Å². The molecule has 0 aromatic heterocycles. The molecule has 3 rings (SSSR count). The van der Waals surface area contributed by atoms with Crippen LogP contribution in [0.2, 0.25) is 0 Å². The molecule has 2 aromatic carbocycles. The van der Waals surface area contributed by atoms with Gasteiger partial charge in [-0.15, -0.1) is 0 Å². The van der Waals surface area contributed by atoms with Crippen molar-refractivity contribution in [2.45, 2.75) is 16.4 Å². The number of aliphatic hydroxyl groups is 1. The summed E-state index contributed by atoms with van der Waals surface area (Å²) in [5.41, 5.74) is -2.12.